The molecule has 0 bridgehead atoms. The second-order valence-corrected chi connectivity index (χ2v) is 9.32. The van der Waals surface area contributed by atoms with Crippen molar-refractivity contribution in [3.05, 3.63) is 64.7 Å². The van der Waals surface area contributed by atoms with E-state index in [1.54, 1.807) is 0 Å². The quantitative estimate of drug-likeness (QED) is 0.704. The molecular weight excluding hydrogens is 396 g/mol. The summed E-state index contributed by atoms with van der Waals surface area (Å²) in [7, 11) is 0. The normalized spacial score (nSPS) is 19.4. The monoisotopic (exact) mass is 432 g/mol. The summed E-state index contributed by atoms with van der Waals surface area (Å²) in [6.07, 6.45) is 2.36. The minimum absolute atomic E-state index is 0.457. The van der Waals surface area contributed by atoms with E-state index in [-0.39, 0.29) is 0 Å². The highest BCUT2D eigenvalue weighted by molar-refractivity contribution is 5.52. The molecule has 4 rings (SSSR count). The summed E-state index contributed by atoms with van der Waals surface area (Å²) in [6.45, 7) is 12.0. The molecule has 2 aromatic carbocycles. The highest BCUT2D eigenvalue weighted by atomic mass is 16.5. The number of nitrogens with zero attached hydrogens (tertiary/aromatic N) is 3. The Morgan fingerprint density at radius 2 is 1.78 bits per heavy atom. The van der Waals surface area contributed by atoms with Gasteiger partial charge in [0.2, 0.25) is 0 Å². The van der Waals surface area contributed by atoms with Crippen LogP contribution in [0.4, 0.5) is 5.69 Å². The SMILES string of the molecule is Cc1ccc(C2CCN(Cc3cc(NCC(C)N4CCOCC4)ccc3C#N)CC2)cc1. The number of likely N-dealkylation sites (tertiary alicyclic amines) is 1. The Morgan fingerprint density at radius 1 is 1.06 bits per heavy atom. The Kier molecular flexibility index (Phi) is 7.81. The van der Waals surface area contributed by atoms with Crippen molar-refractivity contribution in [1.82, 2.24) is 9.80 Å². The van der Waals surface area contributed by atoms with E-state index in [1.807, 2.05) is 12.1 Å². The molecule has 0 aliphatic carbocycles. The minimum Gasteiger partial charge on any atom is -0.383 e. The summed E-state index contributed by atoms with van der Waals surface area (Å²) in [5.74, 6) is 0.650. The Balaban J connectivity index is 1.33. The molecule has 170 valence electrons. The maximum Gasteiger partial charge on any atom is 0.0995 e. The number of rotatable bonds is 7. The van der Waals surface area contributed by atoms with Crippen molar-refractivity contribution in [3.8, 4) is 6.07 Å². The van der Waals surface area contributed by atoms with Crippen molar-refractivity contribution in [3.63, 3.8) is 0 Å². The predicted molar refractivity (Wildman–Crippen MR) is 130 cm³/mol. The van der Waals surface area contributed by atoms with E-state index < -0.39 is 0 Å². The first-order valence-electron chi connectivity index (χ1n) is 12.0. The van der Waals surface area contributed by atoms with Gasteiger partial charge in [-0.3, -0.25) is 9.80 Å². The van der Waals surface area contributed by atoms with E-state index in [4.69, 9.17) is 4.74 Å². The summed E-state index contributed by atoms with van der Waals surface area (Å²) < 4.78 is 5.47. The molecule has 0 aromatic heterocycles. The van der Waals surface area contributed by atoms with Gasteiger partial charge in [0.1, 0.15) is 0 Å². The Hall–Kier alpha value is -2.39. The molecule has 5 nitrogen and oxygen atoms in total. The Bertz CT molecular complexity index is 906. The van der Waals surface area contributed by atoms with Crippen LogP contribution in [-0.4, -0.2) is 61.8 Å². The van der Waals surface area contributed by atoms with Crippen molar-refractivity contribution in [2.24, 2.45) is 0 Å². The molecule has 2 aromatic rings. The standard InChI is InChI=1S/C27H36N4O/c1-21-3-5-23(6-4-21)24-9-11-30(12-10-24)20-26-17-27(8-7-25(26)18-28)29-19-22(2)31-13-15-32-16-14-31/h3-8,17,22,24,29H,9-16,19-20H2,1-2H3. The molecule has 1 N–H and O–H groups in total. The predicted octanol–water partition coefficient (Wildman–Crippen LogP) is 4.38. The third kappa shape index (κ3) is 5.89. The van der Waals surface area contributed by atoms with Crippen molar-refractivity contribution in [2.75, 3.05) is 51.3 Å². The molecule has 0 saturated carbocycles. The Morgan fingerprint density at radius 3 is 2.47 bits per heavy atom. The fraction of sp³-hybridized carbons (Fsp3) is 0.519. The number of piperidine rings is 1. The van der Waals surface area contributed by atoms with Crippen molar-refractivity contribution in [1.29, 1.82) is 5.26 Å². The van der Waals surface area contributed by atoms with Crippen LogP contribution in [0.1, 0.15) is 47.9 Å². The van der Waals surface area contributed by atoms with Crippen LogP contribution in [0.2, 0.25) is 0 Å². The summed E-state index contributed by atoms with van der Waals surface area (Å²) in [6, 6.07) is 18.1. The third-order valence-corrected chi connectivity index (χ3v) is 7.03. The number of ether oxygens (including phenoxy) is 1. The van der Waals surface area contributed by atoms with Gasteiger partial charge in [0.25, 0.3) is 0 Å². The highest BCUT2D eigenvalue weighted by Gasteiger charge is 2.22. The fourth-order valence-corrected chi connectivity index (χ4v) is 4.86. The average Bonchev–Trinajstić information content (AvgIpc) is 2.84. The maximum absolute atomic E-state index is 9.63. The van der Waals surface area contributed by atoms with E-state index >= 15 is 0 Å². The summed E-state index contributed by atoms with van der Waals surface area (Å²) >= 11 is 0. The van der Waals surface area contributed by atoms with Crippen LogP contribution in [0, 0.1) is 18.3 Å². The maximum atomic E-state index is 9.63. The summed E-state index contributed by atoms with van der Waals surface area (Å²) in [5.41, 5.74) is 5.81. The van der Waals surface area contributed by atoms with Crippen LogP contribution >= 0.6 is 0 Å². The number of anilines is 1. The second kappa shape index (κ2) is 11.0. The van der Waals surface area contributed by atoms with Gasteiger partial charge in [-0.15, -0.1) is 0 Å². The first-order valence-corrected chi connectivity index (χ1v) is 12.0. The molecule has 0 radical (unpaired) electrons. The van der Waals surface area contributed by atoms with Crippen LogP contribution in [0.25, 0.3) is 0 Å². The average molecular weight is 433 g/mol. The lowest BCUT2D eigenvalue weighted by Gasteiger charge is -2.33. The van der Waals surface area contributed by atoms with E-state index in [0.717, 1.165) is 69.3 Å². The number of nitriles is 1. The molecule has 32 heavy (non-hydrogen) atoms. The number of morpholine rings is 1. The lowest BCUT2D eigenvalue weighted by molar-refractivity contribution is 0.0227. The lowest BCUT2D eigenvalue weighted by atomic mass is 9.89. The smallest absolute Gasteiger partial charge is 0.0995 e. The van der Waals surface area contributed by atoms with Gasteiger partial charge in [-0.25, -0.2) is 0 Å². The van der Waals surface area contributed by atoms with E-state index in [2.05, 4.69) is 65.4 Å². The zero-order valence-electron chi connectivity index (χ0n) is 19.5. The van der Waals surface area contributed by atoms with E-state index in [9.17, 15) is 5.26 Å². The van der Waals surface area contributed by atoms with Crippen LogP contribution < -0.4 is 5.32 Å². The molecular formula is C27H36N4O. The molecule has 2 aliphatic heterocycles. The van der Waals surface area contributed by atoms with Crippen molar-refractivity contribution >= 4 is 5.69 Å². The van der Waals surface area contributed by atoms with Gasteiger partial charge in [-0.2, -0.15) is 5.26 Å². The molecule has 1 unspecified atom stereocenters. The zero-order valence-corrected chi connectivity index (χ0v) is 19.5. The van der Waals surface area contributed by atoms with Crippen LogP contribution in [-0.2, 0) is 11.3 Å². The van der Waals surface area contributed by atoms with Gasteiger partial charge in [0.05, 0.1) is 24.8 Å². The van der Waals surface area contributed by atoms with Gasteiger partial charge in [0.15, 0.2) is 0 Å². The van der Waals surface area contributed by atoms with Crippen molar-refractivity contribution < 1.29 is 4.74 Å². The second-order valence-electron chi connectivity index (χ2n) is 9.32. The zero-order chi connectivity index (χ0) is 22.3. The molecule has 2 heterocycles. The number of hydrogen-bond acceptors (Lipinski definition) is 5. The molecule has 0 amide bonds. The van der Waals surface area contributed by atoms with Gasteiger partial charge in [-0.05, 0) is 75.0 Å². The molecule has 1 atom stereocenters. The largest absolute Gasteiger partial charge is 0.383 e. The van der Waals surface area contributed by atoms with E-state index in [0.29, 0.717) is 12.0 Å². The lowest BCUT2D eigenvalue weighted by Crippen LogP contribution is -2.45. The number of aryl methyl sites for hydroxylation is 1. The van der Waals surface area contributed by atoms with Crippen LogP contribution in [0.3, 0.4) is 0 Å². The third-order valence-electron chi connectivity index (χ3n) is 7.03. The van der Waals surface area contributed by atoms with Crippen LogP contribution in [0.5, 0.6) is 0 Å². The molecule has 2 saturated heterocycles. The molecule has 2 fully saturated rings. The molecule has 2 aliphatic rings. The van der Waals surface area contributed by atoms with Gasteiger partial charge < -0.3 is 10.1 Å². The first kappa shape index (κ1) is 22.8. The molecule has 5 heteroatoms. The first-order chi connectivity index (χ1) is 15.6. The van der Waals surface area contributed by atoms with Crippen molar-refractivity contribution in [2.45, 2.75) is 45.2 Å². The number of nitrogens with one attached hydrogen (secondary N) is 1. The van der Waals surface area contributed by atoms with Gasteiger partial charge in [0, 0.05) is 37.9 Å². The fourth-order valence-electron chi connectivity index (χ4n) is 4.86. The van der Waals surface area contributed by atoms with E-state index in [1.165, 1.54) is 24.0 Å². The van der Waals surface area contributed by atoms with Crippen LogP contribution in [0.15, 0.2) is 42.5 Å². The number of hydrogen-bond donors (Lipinski definition) is 1. The highest BCUT2D eigenvalue weighted by Crippen LogP contribution is 2.29. The molecule has 0 spiro atoms. The summed E-state index contributed by atoms with van der Waals surface area (Å²) in [5, 5.41) is 13.2. The minimum atomic E-state index is 0.457. The van der Waals surface area contributed by atoms with Gasteiger partial charge >= 0.3 is 0 Å². The Labute approximate surface area is 193 Å². The topological polar surface area (TPSA) is 51.5 Å². The van der Waals surface area contributed by atoms with Gasteiger partial charge in [-0.1, -0.05) is 29.8 Å². The summed E-state index contributed by atoms with van der Waals surface area (Å²) in [4.78, 5) is 4.97. The number of benzene rings is 2.